The van der Waals surface area contributed by atoms with Crippen LogP contribution >= 0.6 is 15.9 Å². The number of aryl methyl sites for hydroxylation is 1. The first kappa shape index (κ1) is 11.2. The number of rotatable bonds is 1. The fraction of sp³-hybridized carbons (Fsp3) is 0.0833. The molecule has 18 heavy (non-hydrogen) atoms. The van der Waals surface area contributed by atoms with Crippen LogP contribution in [-0.4, -0.2) is 14.7 Å². The summed E-state index contributed by atoms with van der Waals surface area (Å²) in [7, 11) is 1.65. The predicted molar refractivity (Wildman–Crippen MR) is 70.2 cm³/mol. The monoisotopic (exact) mass is 305 g/mol. The Kier molecular flexibility index (Phi) is 2.52. The van der Waals surface area contributed by atoms with E-state index in [4.69, 9.17) is 4.52 Å². The van der Waals surface area contributed by atoms with Gasteiger partial charge in [0.2, 0.25) is 0 Å². The summed E-state index contributed by atoms with van der Waals surface area (Å²) in [5.41, 5.74) is 1.61. The molecule has 0 aliphatic rings. The minimum atomic E-state index is -0.133. The lowest BCUT2D eigenvalue weighted by Crippen LogP contribution is -2.15. The quantitative estimate of drug-likeness (QED) is 0.692. The molecule has 3 rings (SSSR count). The molecule has 0 bridgehead atoms. The Labute approximate surface area is 110 Å². The Balaban J connectivity index is 2.28. The van der Waals surface area contributed by atoms with Crippen LogP contribution in [0.3, 0.4) is 0 Å². The van der Waals surface area contributed by atoms with Gasteiger partial charge in [-0.1, -0.05) is 21.1 Å². The van der Waals surface area contributed by atoms with Gasteiger partial charge in [-0.25, -0.2) is 4.98 Å². The first-order valence-corrected chi connectivity index (χ1v) is 6.02. The summed E-state index contributed by atoms with van der Waals surface area (Å²) >= 11 is 3.39. The van der Waals surface area contributed by atoms with Gasteiger partial charge in [-0.3, -0.25) is 4.79 Å². The van der Waals surface area contributed by atoms with Crippen molar-refractivity contribution >= 4 is 26.9 Å². The first-order valence-electron chi connectivity index (χ1n) is 5.23. The SMILES string of the molecule is Cn1cnc(-c2noc3ccc(Br)cc23)cc1=O. The number of aromatic nitrogens is 3. The summed E-state index contributed by atoms with van der Waals surface area (Å²) in [6.45, 7) is 0. The summed E-state index contributed by atoms with van der Waals surface area (Å²) < 4.78 is 7.53. The molecule has 0 N–H and O–H groups in total. The second-order valence-electron chi connectivity index (χ2n) is 3.89. The minimum Gasteiger partial charge on any atom is -0.356 e. The van der Waals surface area contributed by atoms with Crippen LogP contribution in [0.5, 0.6) is 0 Å². The van der Waals surface area contributed by atoms with Crippen LogP contribution in [0, 0.1) is 0 Å². The van der Waals surface area contributed by atoms with E-state index in [9.17, 15) is 4.79 Å². The summed E-state index contributed by atoms with van der Waals surface area (Å²) in [5.74, 6) is 0. The lowest BCUT2D eigenvalue weighted by Gasteiger charge is -1.98. The Morgan fingerprint density at radius 3 is 2.94 bits per heavy atom. The van der Waals surface area contributed by atoms with Gasteiger partial charge in [-0.05, 0) is 18.2 Å². The zero-order valence-corrected chi connectivity index (χ0v) is 11.0. The van der Waals surface area contributed by atoms with E-state index in [1.54, 1.807) is 7.05 Å². The van der Waals surface area contributed by atoms with Gasteiger partial charge in [0.1, 0.15) is 11.4 Å². The number of fused-ring (bicyclic) bond motifs is 1. The molecule has 6 heteroatoms. The number of nitrogens with zero attached hydrogens (tertiary/aromatic N) is 3. The van der Waals surface area contributed by atoms with Gasteiger partial charge in [-0.2, -0.15) is 0 Å². The topological polar surface area (TPSA) is 60.9 Å². The maximum absolute atomic E-state index is 11.6. The normalized spacial score (nSPS) is 11.0. The fourth-order valence-corrected chi connectivity index (χ4v) is 2.05. The van der Waals surface area contributed by atoms with Crippen molar-refractivity contribution in [2.45, 2.75) is 0 Å². The Morgan fingerprint density at radius 1 is 1.33 bits per heavy atom. The zero-order valence-electron chi connectivity index (χ0n) is 9.42. The third-order valence-corrected chi connectivity index (χ3v) is 3.15. The highest BCUT2D eigenvalue weighted by Gasteiger charge is 2.12. The van der Waals surface area contributed by atoms with Gasteiger partial charge in [0.25, 0.3) is 5.56 Å². The highest BCUT2D eigenvalue weighted by atomic mass is 79.9. The van der Waals surface area contributed by atoms with Crippen molar-refractivity contribution in [3.63, 3.8) is 0 Å². The van der Waals surface area contributed by atoms with Crippen LogP contribution in [0.1, 0.15) is 0 Å². The molecular weight excluding hydrogens is 298 g/mol. The molecule has 0 radical (unpaired) electrons. The van der Waals surface area contributed by atoms with E-state index in [0.29, 0.717) is 17.0 Å². The highest BCUT2D eigenvalue weighted by molar-refractivity contribution is 9.10. The molecule has 0 fully saturated rings. The minimum absolute atomic E-state index is 0.133. The summed E-state index contributed by atoms with van der Waals surface area (Å²) in [5, 5.41) is 4.80. The third kappa shape index (κ3) is 1.74. The van der Waals surface area contributed by atoms with Crippen molar-refractivity contribution in [1.29, 1.82) is 0 Å². The molecule has 1 aromatic carbocycles. The smallest absolute Gasteiger partial charge is 0.253 e. The molecule has 0 saturated heterocycles. The zero-order chi connectivity index (χ0) is 12.7. The van der Waals surface area contributed by atoms with Crippen LogP contribution in [0.25, 0.3) is 22.4 Å². The van der Waals surface area contributed by atoms with Crippen LogP contribution in [-0.2, 0) is 7.05 Å². The predicted octanol–water partition coefficient (Wildman–Crippen LogP) is 2.35. The van der Waals surface area contributed by atoms with Crippen molar-refractivity contribution in [2.24, 2.45) is 7.05 Å². The molecule has 0 unspecified atom stereocenters. The standard InChI is InChI=1S/C12H8BrN3O2/c1-16-6-14-9(5-11(16)17)12-8-4-7(13)2-3-10(8)18-15-12/h2-6H,1H3. The lowest BCUT2D eigenvalue weighted by atomic mass is 10.2. The van der Waals surface area contributed by atoms with E-state index in [2.05, 4.69) is 26.1 Å². The molecule has 0 aliphatic heterocycles. The molecule has 0 spiro atoms. The number of halogens is 1. The van der Waals surface area contributed by atoms with Crippen molar-refractivity contribution in [3.05, 3.63) is 45.4 Å². The molecule has 0 saturated carbocycles. The molecule has 5 nitrogen and oxygen atoms in total. The number of hydrogen-bond acceptors (Lipinski definition) is 4. The van der Waals surface area contributed by atoms with E-state index in [0.717, 1.165) is 9.86 Å². The highest BCUT2D eigenvalue weighted by Crippen LogP contribution is 2.28. The molecule has 0 atom stereocenters. The molecule has 0 aliphatic carbocycles. The maximum Gasteiger partial charge on any atom is 0.253 e. The van der Waals surface area contributed by atoms with Crippen molar-refractivity contribution < 1.29 is 4.52 Å². The fourth-order valence-electron chi connectivity index (χ4n) is 1.69. The van der Waals surface area contributed by atoms with Gasteiger partial charge >= 0.3 is 0 Å². The lowest BCUT2D eigenvalue weighted by molar-refractivity contribution is 0.459. The van der Waals surface area contributed by atoms with Gasteiger partial charge in [0.05, 0.1) is 11.7 Å². The summed E-state index contributed by atoms with van der Waals surface area (Å²) in [6, 6.07) is 7.02. The van der Waals surface area contributed by atoms with Gasteiger partial charge in [0.15, 0.2) is 5.58 Å². The van der Waals surface area contributed by atoms with Gasteiger partial charge in [0, 0.05) is 17.6 Å². The summed E-state index contributed by atoms with van der Waals surface area (Å²) in [4.78, 5) is 15.8. The average molecular weight is 306 g/mol. The van der Waals surface area contributed by atoms with Crippen molar-refractivity contribution in [1.82, 2.24) is 14.7 Å². The van der Waals surface area contributed by atoms with Gasteiger partial charge in [-0.15, -0.1) is 0 Å². The Hall–Kier alpha value is -1.95. The molecule has 3 aromatic rings. The van der Waals surface area contributed by atoms with Gasteiger partial charge < -0.3 is 9.09 Å². The largest absolute Gasteiger partial charge is 0.356 e. The van der Waals surface area contributed by atoms with Crippen LogP contribution in [0.2, 0.25) is 0 Å². The summed E-state index contributed by atoms with van der Waals surface area (Å²) in [6.07, 6.45) is 1.47. The van der Waals surface area contributed by atoms with Crippen molar-refractivity contribution in [3.8, 4) is 11.4 Å². The van der Waals surface area contributed by atoms with E-state index < -0.39 is 0 Å². The van der Waals surface area contributed by atoms with E-state index in [1.165, 1.54) is 17.0 Å². The van der Waals surface area contributed by atoms with E-state index in [-0.39, 0.29) is 5.56 Å². The molecule has 2 aromatic heterocycles. The molecular formula is C12H8BrN3O2. The average Bonchev–Trinajstić information content (AvgIpc) is 2.75. The van der Waals surface area contributed by atoms with E-state index in [1.807, 2.05) is 18.2 Å². The third-order valence-electron chi connectivity index (χ3n) is 2.65. The van der Waals surface area contributed by atoms with Crippen LogP contribution < -0.4 is 5.56 Å². The first-order chi connectivity index (χ1) is 8.65. The second-order valence-corrected chi connectivity index (χ2v) is 4.81. The van der Waals surface area contributed by atoms with Crippen LogP contribution in [0.15, 0.2) is 44.4 Å². The second kappa shape index (κ2) is 4.06. The molecule has 90 valence electrons. The number of hydrogen-bond donors (Lipinski definition) is 0. The van der Waals surface area contributed by atoms with Crippen molar-refractivity contribution in [2.75, 3.05) is 0 Å². The van der Waals surface area contributed by atoms with Crippen LogP contribution in [0.4, 0.5) is 0 Å². The molecule has 0 amide bonds. The Bertz CT molecular complexity index is 791. The number of benzene rings is 1. The Morgan fingerprint density at radius 2 is 2.17 bits per heavy atom. The maximum atomic E-state index is 11.6. The van der Waals surface area contributed by atoms with E-state index >= 15 is 0 Å². The molecule has 2 heterocycles.